The predicted octanol–water partition coefficient (Wildman–Crippen LogP) is 5.44. The van der Waals surface area contributed by atoms with Gasteiger partial charge in [0.1, 0.15) is 12.4 Å². The number of nitro groups is 1. The van der Waals surface area contributed by atoms with Crippen molar-refractivity contribution >= 4 is 34.8 Å². The minimum Gasteiger partial charge on any atom is -0.489 e. The van der Waals surface area contributed by atoms with E-state index < -0.39 is 4.92 Å². The number of amides is 1. The highest BCUT2D eigenvalue weighted by Gasteiger charge is 2.23. The summed E-state index contributed by atoms with van der Waals surface area (Å²) in [5, 5.41) is 12.0. The zero-order valence-electron chi connectivity index (χ0n) is 18.3. The van der Waals surface area contributed by atoms with E-state index in [-0.39, 0.29) is 18.2 Å². The first kappa shape index (κ1) is 24.0. The van der Waals surface area contributed by atoms with Gasteiger partial charge in [0.15, 0.2) is 0 Å². The second kappa shape index (κ2) is 10.9. The monoisotopic (exact) mass is 499 g/mol. The van der Waals surface area contributed by atoms with Gasteiger partial charge in [0.25, 0.3) is 11.6 Å². The molecule has 0 aromatic heterocycles. The molecule has 1 heterocycles. The van der Waals surface area contributed by atoms with Gasteiger partial charge in [0.05, 0.1) is 4.92 Å². The molecule has 7 nitrogen and oxygen atoms in total. The molecule has 0 spiro atoms. The fourth-order valence-electron chi connectivity index (χ4n) is 3.81. The van der Waals surface area contributed by atoms with Gasteiger partial charge in [-0.1, -0.05) is 41.4 Å². The maximum atomic E-state index is 13.1. The number of nitro benzene ring substituents is 1. The lowest BCUT2D eigenvalue weighted by atomic mass is 10.1. The highest BCUT2D eigenvalue weighted by molar-refractivity contribution is 6.35. The molecule has 4 rings (SSSR count). The van der Waals surface area contributed by atoms with Gasteiger partial charge in [0.2, 0.25) is 0 Å². The van der Waals surface area contributed by atoms with Gasteiger partial charge >= 0.3 is 0 Å². The molecule has 34 heavy (non-hydrogen) atoms. The minimum absolute atomic E-state index is 0.0105. The topological polar surface area (TPSA) is 75.9 Å². The molecule has 1 saturated heterocycles. The Balaban J connectivity index is 1.31. The molecule has 0 N–H and O–H groups in total. The Hall–Kier alpha value is -3.13. The number of benzene rings is 3. The van der Waals surface area contributed by atoms with Crippen molar-refractivity contribution in [2.45, 2.75) is 13.2 Å². The molecule has 1 amide bonds. The van der Waals surface area contributed by atoms with Crippen LogP contribution in [-0.4, -0.2) is 46.8 Å². The van der Waals surface area contributed by atoms with Crippen molar-refractivity contribution in [3.63, 3.8) is 0 Å². The van der Waals surface area contributed by atoms with Crippen molar-refractivity contribution in [1.82, 2.24) is 9.80 Å². The number of hydrogen-bond donors (Lipinski definition) is 0. The number of halogens is 2. The molecule has 0 unspecified atom stereocenters. The first-order valence-electron chi connectivity index (χ1n) is 10.8. The normalized spacial score (nSPS) is 14.1. The quantitative estimate of drug-likeness (QED) is 0.319. The van der Waals surface area contributed by atoms with Crippen LogP contribution < -0.4 is 4.74 Å². The van der Waals surface area contributed by atoms with Gasteiger partial charge < -0.3 is 9.64 Å². The van der Waals surface area contributed by atoms with Gasteiger partial charge in [-0.3, -0.25) is 19.8 Å². The number of non-ortho nitro benzene ring substituents is 1. The standard InChI is InChI=1S/C25H23Cl2N3O4/c26-21-5-4-20(24(27)15-21)16-28-10-12-29(13-11-28)25(31)19-3-1-2-18(14-19)17-34-23-8-6-22(7-9-23)30(32)33/h1-9,14-15H,10-13,16-17H2. The lowest BCUT2D eigenvalue weighted by molar-refractivity contribution is -0.384. The van der Waals surface area contributed by atoms with E-state index in [1.807, 2.05) is 35.2 Å². The van der Waals surface area contributed by atoms with Crippen molar-refractivity contribution in [3.8, 4) is 5.75 Å². The summed E-state index contributed by atoms with van der Waals surface area (Å²) >= 11 is 12.3. The number of carbonyl (C=O) groups is 1. The molecule has 0 atom stereocenters. The minimum atomic E-state index is -0.453. The summed E-state index contributed by atoms with van der Waals surface area (Å²) in [5.74, 6) is 0.514. The number of ether oxygens (including phenoxy) is 1. The van der Waals surface area contributed by atoms with Crippen LogP contribution >= 0.6 is 23.2 Å². The third-order valence-corrected chi connectivity index (χ3v) is 6.28. The van der Waals surface area contributed by atoms with Crippen LogP contribution in [0.1, 0.15) is 21.5 Å². The van der Waals surface area contributed by atoms with Gasteiger partial charge in [-0.2, -0.15) is 0 Å². The van der Waals surface area contributed by atoms with Crippen LogP contribution in [0.4, 0.5) is 5.69 Å². The van der Waals surface area contributed by atoms with E-state index in [2.05, 4.69) is 4.90 Å². The largest absolute Gasteiger partial charge is 0.489 e. The summed E-state index contributed by atoms with van der Waals surface area (Å²) in [6.45, 7) is 3.75. The third-order valence-electron chi connectivity index (χ3n) is 5.70. The summed E-state index contributed by atoms with van der Waals surface area (Å²) < 4.78 is 5.72. The third kappa shape index (κ3) is 6.05. The Morgan fingerprint density at radius 3 is 2.38 bits per heavy atom. The molecule has 0 bridgehead atoms. The van der Waals surface area contributed by atoms with E-state index in [0.717, 1.165) is 24.2 Å². The van der Waals surface area contributed by atoms with E-state index in [0.29, 0.717) is 41.0 Å². The molecule has 3 aromatic rings. The fraction of sp³-hybridized carbons (Fsp3) is 0.240. The second-order valence-corrected chi connectivity index (χ2v) is 8.89. The fourth-order valence-corrected chi connectivity index (χ4v) is 4.28. The number of hydrogen-bond acceptors (Lipinski definition) is 5. The smallest absolute Gasteiger partial charge is 0.269 e. The van der Waals surface area contributed by atoms with E-state index in [1.54, 1.807) is 24.3 Å². The molecule has 176 valence electrons. The molecule has 1 aliphatic heterocycles. The Bertz CT molecular complexity index is 1180. The SMILES string of the molecule is O=C(c1cccc(COc2ccc([N+](=O)[O-])cc2)c1)N1CCN(Cc2ccc(Cl)cc2Cl)CC1. The lowest BCUT2D eigenvalue weighted by Crippen LogP contribution is -2.48. The number of rotatable bonds is 7. The first-order chi connectivity index (χ1) is 16.4. The molecule has 0 radical (unpaired) electrons. The maximum Gasteiger partial charge on any atom is 0.269 e. The summed E-state index contributed by atoms with van der Waals surface area (Å²) in [7, 11) is 0. The van der Waals surface area contributed by atoms with E-state index in [9.17, 15) is 14.9 Å². The van der Waals surface area contributed by atoms with Crippen LogP contribution in [-0.2, 0) is 13.2 Å². The summed E-state index contributed by atoms with van der Waals surface area (Å²) in [5.41, 5.74) is 2.49. The van der Waals surface area contributed by atoms with Crippen LogP contribution in [0.3, 0.4) is 0 Å². The Kier molecular flexibility index (Phi) is 7.67. The van der Waals surface area contributed by atoms with E-state index in [1.165, 1.54) is 12.1 Å². The summed E-state index contributed by atoms with van der Waals surface area (Å²) in [6.07, 6.45) is 0. The number of nitrogens with zero attached hydrogens (tertiary/aromatic N) is 3. The van der Waals surface area contributed by atoms with Gasteiger partial charge in [-0.25, -0.2) is 0 Å². The number of carbonyl (C=O) groups excluding carboxylic acids is 1. The summed E-state index contributed by atoms with van der Waals surface area (Å²) in [6, 6.07) is 18.8. The molecule has 1 aliphatic rings. The van der Waals surface area contributed by atoms with Crippen molar-refractivity contribution in [1.29, 1.82) is 0 Å². The molecule has 1 fully saturated rings. The average Bonchev–Trinajstić information content (AvgIpc) is 2.85. The van der Waals surface area contributed by atoms with Crippen LogP contribution in [0.5, 0.6) is 5.75 Å². The van der Waals surface area contributed by atoms with E-state index in [4.69, 9.17) is 27.9 Å². The zero-order valence-corrected chi connectivity index (χ0v) is 19.8. The second-order valence-electron chi connectivity index (χ2n) is 8.04. The molecule has 0 saturated carbocycles. The molecule has 0 aliphatic carbocycles. The van der Waals surface area contributed by atoms with Gasteiger partial charge in [-0.05, 0) is 47.5 Å². The van der Waals surface area contributed by atoms with E-state index >= 15 is 0 Å². The van der Waals surface area contributed by atoms with Crippen LogP contribution in [0, 0.1) is 10.1 Å². The highest BCUT2D eigenvalue weighted by Crippen LogP contribution is 2.23. The number of piperazine rings is 1. The highest BCUT2D eigenvalue weighted by atomic mass is 35.5. The van der Waals surface area contributed by atoms with Gasteiger partial charge in [0, 0.05) is 60.5 Å². The van der Waals surface area contributed by atoms with Crippen molar-refractivity contribution in [2.75, 3.05) is 26.2 Å². The summed E-state index contributed by atoms with van der Waals surface area (Å²) in [4.78, 5) is 27.5. The van der Waals surface area contributed by atoms with Gasteiger partial charge in [-0.15, -0.1) is 0 Å². The average molecular weight is 500 g/mol. The van der Waals surface area contributed by atoms with Crippen LogP contribution in [0.25, 0.3) is 0 Å². The Morgan fingerprint density at radius 1 is 0.971 bits per heavy atom. The molecule has 9 heteroatoms. The van der Waals surface area contributed by atoms with Crippen molar-refractivity contribution in [3.05, 3.63) is 104 Å². The Labute approximate surface area is 207 Å². The predicted molar refractivity (Wildman–Crippen MR) is 132 cm³/mol. The van der Waals surface area contributed by atoms with Crippen LogP contribution in [0.2, 0.25) is 10.0 Å². The lowest BCUT2D eigenvalue weighted by Gasteiger charge is -2.35. The van der Waals surface area contributed by atoms with Crippen molar-refractivity contribution < 1.29 is 14.5 Å². The molecular formula is C25H23Cl2N3O4. The molecular weight excluding hydrogens is 477 g/mol. The Morgan fingerprint density at radius 2 is 1.71 bits per heavy atom. The maximum absolute atomic E-state index is 13.1. The van der Waals surface area contributed by atoms with Crippen molar-refractivity contribution in [2.24, 2.45) is 0 Å². The first-order valence-corrected chi connectivity index (χ1v) is 11.6. The van der Waals surface area contributed by atoms with Crippen LogP contribution in [0.15, 0.2) is 66.7 Å². The zero-order chi connectivity index (χ0) is 24.1. The molecule has 3 aromatic carbocycles.